The van der Waals surface area contributed by atoms with E-state index in [4.69, 9.17) is 5.73 Å². The molecule has 0 bridgehead atoms. The second-order valence-corrected chi connectivity index (χ2v) is 4.13. The zero-order valence-electron chi connectivity index (χ0n) is 8.62. The van der Waals surface area contributed by atoms with Crippen LogP contribution in [0.15, 0.2) is 0 Å². The van der Waals surface area contributed by atoms with E-state index >= 15 is 0 Å². The summed E-state index contributed by atoms with van der Waals surface area (Å²) in [6.07, 6.45) is 2.81. The van der Waals surface area contributed by atoms with E-state index in [1.165, 1.54) is 0 Å². The van der Waals surface area contributed by atoms with Gasteiger partial charge in [-0.2, -0.15) is 0 Å². The SMILES string of the molecule is CC(C)N1CC(CN)CCCC1=O. The summed E-state index contributed by atoms with van der Waals surface area (Å²) in [5, 5.41) is 0. The van der Waals surface area contributed by atoms with Crippen molar-refractivity contribution in [3.8, 4) is 0 Å². The Morgan fingerprint density at radius 3 is 2.85 bits per heavy atom. The molecule has 13 heavy (non-hydrogen) atoms. The van der Waals surface area contributed by atoms with Gasteiger partial charge in [0.2, 0.25) is 5.91 Å². The largest absolute Gasteiger partial charge is 0.340 e. The predicted molar refractivity (Wildman–Crippen MR) is 53.2 cm³/mol. The van der Waals surface area contributed by atoms with Gasteiger partial charge in [0.25, 0.3) is 0 Å². The Balaban J connectivity index is 2.61. The molecule has 0 aromatic carbocycles. The van der Waals surface area contributed by atoms with Gasteiger partial charge in [-0.1, -0.05) is 0 Å². The van der Waals surface area contributed by atoms with Crippen LogP contribution < -0.4 is 5.73 Å². The minimum absolute atomic E-state index is 0.297. The van der Waals surface area contributed by atoms with Gasteiger partial charge in [0, 0.05) is 19.0 Å². The molecule has 0 aliphatic carbocycles. The van der Waals surface area contributed by atoms with Crippen LogP contribution in [0.2, 0.25) is 0 Å². The average molecular weight is 184 g/mol. The smallest absolute Gasteiger partial charge is 0.222 e. The van der Waals surface area contributed by atoms with Crippen molar-refractivity contribution in [2.24, 2.45) is 11.7 Å². The lowest BCUT2D eigenvalue weighted by molar-refractivity contribution is -0.132. The molecule has 1 rings (SSSR count). The molecule has 1 fully saturated rings. The highest BCUT2D eigenvalue weighted by Gasteiger charge is 2.23. The second-order valence-electron chi connectivity index (χ2n) is 4.13. The highest BCUT2D eigenvalue weighted by atomic mass is 16.2. The van der Waals surface area contributed by atoms with Crippen molar-refractivity contribution < 1.29 is 4.79 Å². The van der Waals surface area contributed by atoms with Crippen molar-refractivity contribution in [2.45, 2.75) is 39.2 Å². The summed E-state index contributed by atoms with van der Waals surface area (Å²) in [5.74, 6) is 0.805. The number of nitrogens with zero attached hydrogens (tertiary/aromatic N) is 1. The molecule has 1 amide bonds. The van der Waals surface area contributed by atoms with Crippen molar-refractivity contribution >= 4 is 5.91 Å². The Morgan fingerprint density at radius 2 is 2.31 bits per heavy atom. The molecule has 3 heteroatoms. The van der Waals surface area contributed by atoms with Gasteiger partial charge in [-0.05, 0) is 39.2 Å². The summed E-state index contributed by atoms with van der Waals surface area (Å²) in [7, 11) is 0. The number of nitrogens with two attached hydrogens (primary N) is 1. The maximum absolute atomic E-state index is 11.6. The van der Waals surface area contributed by atoms with Gasteiger partial charge in [-0.25, -0.2) is 0 Å². The third-order valence-corrected chi connectivity index (χ3v) is 2.73. The maximum Gasteiger partial charge on any atom is 0.222 e. The van der Waals surface area contributed by atoms with Crippen LogP contribution in [0.3, 0.4) is 0 Å². The fourth-order valence-corrected chi connectivity index (χ4v) is 1.85. The highest BCUT2D eigenvalue weighted by molar-refractivity contribution is 5.76. The standard InChI is InChI=1S/C10H20N2O/c1-8(2)12-7-9(6-11)4-3-5-10(12)13/h8-9H,3-7,11H2,1-2H3. The van der Waals surface area contributed by atoms with Crippen LogP contribution in [0.1, 0.15) is 33.1 Å². The Bertz CT molecular complexity index is 180. The molecular weight excluding hydrogens is 164 g/mol. The Morgan fingerprint density at radius 1 is 1.62 bits per heavy atom. The highest BCUT2D eigenvalue weighted by Crippen LogP contribution is 2.18. The lowest BCUT2D eigenvalue weighted by Crippen LogP contribution is -2.39. The van der Waals surface area contributed by atoms with Gasteiger partial charge in [-0.15, -0.1) is 0 Å². The summed E-state index contributed by atoms with van der Waals surface area (Å²) >= 11 is 0. The van der Waals surface area contributed by atoms with Crippen LogP contribution in [-0.2, 0) is 4.79 Å². The Labute approximate surface area is 80.3 Å². The van der Waals surface area contributed by atoms with E-state index in [-0.39, 0.29) is 0 Å². The van der Waals surface area contributed by atoms with Gasteiger partial charge < -0.3 is 10.6 Å². The first kappa shape index (κ1) is 10.5. The zero-order chi connectivity index (χ0) is 9.84. The van der Waals surface area contributed by atoms with Crippen LogP contribution in [0.25, 0.3) is 0 Å². The molecule has 1 saturated heterocycles. The van der Waals surface area contributed by atoms with E-state index in [0.717, 1.165) is 19.4 Å². The van der Waals surface area contributed by atoms with E-state index < -0.39 is 0 Å². The minimum Gasteiger partial charge on any atom is -0.340 e. The molecular formula is C10H20N2O. The first-order valence-electron chi connectivity index (χ1n) is 5.14. The summed E-state index contributed by atoms with van der Waals surface area (Å²) in [5.41, 5.74) is 5.64. The van der Waals surface area contributed by atoms with Crippen LogP contribution in [0, 0.1) is 5.92 Å². The number of amides is 1. The first-order chi connectivity index (χ1) is 6.15. The molecule has 2 N–H and O–H groups in total. The minimum atomic E-state index is 0.297. The van der Waals surface area contributed by atoms with Gasteiger partial charge >= 0.3 is 0 Å². The summed E-state index contributed by atoms with van der Waals surface area (Å²) in [4.78, 5) is 13.6. The molecule has 0 radical (unpaired) electrons. The predicted octanol–water partition coefficient (Wildman–Crippen LogP) is 0.982. The maximum atomic E-state index is 11.6. The third kappa shape index (κ3) is 2.69. The number of carbonyl (C=O) groups is 1. The van der Waals surface area contributed by atoms with E-state index in [1.54, 1.807) is 0 Å². The molecule has 0 spiro atoms. The molecule has 76 valence electrons. The van der Waals surface area contributed by atoms with Crippen molar-refractivity contribution in [1.29, 1.82) is 0 Å². The first-order valence-corrected chi connectivity index (χ1v) is 5.14. The van der Waals surface area contributed by atoms with Crippen LogP contribution in [0.4, 0.5) is 0 Å². The fraction of sp³-hybridized carbons (Fsp3) is 0.900. The van der Waals surface area contributed by atoms with Gasteiger partial charge in [-0.3, -0.25) is 4.79 Å². The van der Waals surface area contributed by atoms with Gasteiger partial charge in [0.1, 0.15) is 0 Å². The average Bonchev–Trinajstić information content (AvgIpc) is 2.26. The topological polar surface area (TPSA) is 46.3 Å². The lowest BCUT2D eigenvalue weighted by Gasteiger charge is -2.27. The molecule has 1 aliphatic rings. The summed E-state index contributed by atoms with van der Waals surface area (Å²) < 4.78 is 0. The summed E-state index contributed by atoms with van der Waals surface area (Å²) in [6.45, 7) is 5.69. The molecule has 1 aliphatic heterocycles. The third-order valence-electron chi connectivity index (χ3n) is 2.73. The van der Waals surface area contributed by atoms with Crippen molar-refractivity contribution in [1.82, 2.24) is 4.90 Å². The second kappa shape index (κ2) is 4.61. The van der Waals surface area contributed by atoms with Crippen molar-refractivity contribution in [3.05, 3.63) is 0 Å². The van der Waals surface area contributed by atoms with E-state index in [1.807, 2.05) is 4.90 Å². The van der Waals surface area contributed by atoms with Crippen LogP contribution in [0.5, 0.6) is 0 Å². The molecule has 1 unspecified atom stereocenters. The number of carbonyl (C=O) groups excluding carboxylic acids is 1. The normalized spacial score (nSPS) is 25.1. The number of likely N-dealkylation sites (tertiary alicyclic amines) is 1. The van der Waals surface area contributed by atoms with Crippen LogP contribution >= 0.6 is 0 Å². The zero-order valence-corrected chi connectivity index (χ0v) is 8.62. The molecule has 1 heterocycles. The van der Waals surface area contributed by atoms with Gasteiger partial charge in [0.05, 0.1) is 0 Å². The van der Waals surface area contributed by atoms with E-state index in [9.17, 15) is 4.79 Å². The Hall–Kier alpha value is -0.570. The monoisotopic (exact) mass is 184 g/mol. The Kier molecular flexibility index (Phi) is 3.72. The van der Waals surface area contributed by atoms with E-state index in [2.05, 4.69) is 13.8 Å². The molecule has 0 saturated carbocycles. The molecule has 0 aromatic heterocycles. The van der Waals surface area contributed by atoms with Crippen LogP contribution in [-0.4, -0.2) is 29.9 Å². The molecule has 0 aromatic rings. The van der Waals surface area contributed by atoms with Crippen molar-refractivity contribution in [3.63, 3.8) is 0 Å². The quantitative estimate of drug-likeness (QED) is 0.695. The van der Waals surface area contributed by atoms with Crippen molar-refractivity contribution in [2.75, 3.05) is 13.1 Å². The van der Waals surface area contributed by atoms with Gasteiger partial charge in [0.15, 0.2) is 0 Å². The number of rotatable bonds is 2. The summed E-state index contributed by atoms with van der Waals surface area (Å²) in [6, 6.07) is 0.319. The lowest BCUT2D eigenvalue weighted by atomic mass is 10.0. The fourth-order valence-electron chi connectivity index (χ4n) is 1.85. The molecule has 3 nitrogen and oxygen atoms in total. The van der Waals surface area contributed by atoms with E-state index in [0.29, 0.717) is 30.8 Å². The molecule has 1 atom stereocenters. The number of hydrogen-bond acceptors (Lipinski definition) is 2. The number of hydrogen-bond donors (Lipinski definition) is 1.